The summed E-state index contributed by atoms with van der Waals surface area (Å²) in [6, 6.07) is 17.9. The number of esters is 1. The average Bonchev–Trinajstić information content (AvgIpc) is 2.98. The molecule has 0 saturated carbocycles. The van der Waals surface area contributed by atoms with Crippen molar-refractivity contribution >= 4 is 17.0 Å². The smallest absolute Gasteiger partial charge is 0.310 e. The van der Waals surface area contributed by atoms with Gasteiger partial charge in [-0.1, -0.05) is 49.4 Å². The number of nitrogens with zero attached hydrogens (tertiary/aromatic N) is 2. The third-order valence-electron chi connectivity index (χ3n) is 4.59. The minimum atomic E-state index is -0.304. The summed E-state index contributed by atoms with van der Waals surface area (Å²) >= 11 is 0. The van der Waals surface area contributed by atoms with Gasteiger partial charge in [0.25, 0.3) is 0 Å². The predicted molar refractivity (Wildman–Crippen MR) is 97.9 cm³/mol. The topological polar surface area (TPSA) is 56.1 Å². The van der Waals surface area contributed by atoms with Crippen LogP contribution in [0, 0.1) is 5.92 Å². The van der Waals surface area contributed by atoms with Crippen LogP contribution < -0.4 is 5.32 Å². The Morgan fingerprint density at radius 1 is 1.16 bits per heavy atom. The van der Waals surface area contributed by atoms with Crippen molar-refractivity contribution in [1.82, 2.24) is 14.9 Å². The molecule has 3 rings (SSSR count). The normalized spacial score (nSPS) is 13.6. The van der Waals surface area contributed by atoms with Gasteiger partial charge < -0.3 is 14.6 Å². The lowest BCUT2D eigenvalue weighted by Crippen LogP contribution is -2.32. The summed E-state index contributed by atoms with van der Waals surface area (Å²) in [5.74, 6) is 0.396. The Morgan fingerprint density at radius 2 is 1.84 bits per heavy atom. The minimum Gasteiger partial charge on any atom is -0.469 e. The first kappa shape index (κ1) is 17.2. The van der Waals surface area contributed by atoms with Crippen LogP contribution in [0.3, 0.4) is 0 Å². The van der Waals surface area contributed by atoms with Gasteiger partial charge in [-0.2, -0.15) is 0 Å². The summed E-state index contributed by atoms with van der Waals surface area (Å²) in [6.07, 6.45) is 0. The van der Waals surface area contributed by atoms with Gasteiger partial charge in [-0.25, -0.2) is 4.98 Å². The number of para-hydroxylation sites is 2. The molecule has 1 heterocycles. The summed E-state index contributed by atoms with van der Waals surface area (Å²) in [7, 11) is 3.43. The van der Waals surface area contributed by atoms with E-state index in [1.807, 2.05) is 62.5 Å². The fraction of sp³-hybridized carbons (Fsp3) is 0.300. The summed E-state index contributed by atoms with van der Waals surface area (Å²) in [4.78, 5) is 16.7. The number of aryl methyl sites for hydroxylation is 1. The van der Waals surface area contributed by atoms with E-state index in [9.17, 15) is 4.79 Å². The molecule has 5 heteroatoms. The highest BCUT2D eigenvalue weighted by molar-refractivity contribution is 5.75. The first-order valence-electron chi connectivity index (χ1n) is 8.38. The highest BCUT2D eigenvalue weighted by Gasteiger charge is 2.26. The number of hydrogen-bond donors (Lipinski definition) is 1. The van der Waals surface area contributed by atoms with Crippen LogP contribution in [-0.4, -0.2) is 22.6 Å². The molecule has 0 fully saturated rings. The number of imidazole rings is 1. The number of nitrogens with one attached hydrogen (secondary N) is 1. The highest BCUT2D eigenvalue weighted by Crippen LogP contribution is 2.24. The molecule has 5 nitrogen and oxygen atoms in total. The van der Waals surface area contributed by atoms with Gasteiger partial charge in [0.2, 0.25) is 0 Å². The second kappa shape index (κ2) is 7.49. The Bertz CT molecular complexity index is 858. The van der Waals surface area contributed by atoms with E-state index in [4.69, 9.17) is 4.74 Å². The third-order valence-corrected chi connectivity index (χ3v) is 4.59. The Balaban J connectivity index is 1.85. The van der Waals surface area contributed by atoms with Gasteiger partial charge in [-0.3, -0.25) is 4.79 Å². The molecule has 3 aromatic rings. The SMILES string of the molecule is COC(=O)[C@H](C)[C@@H](NCc1nc2ccccc2n1C)c1ccccc1. The molecule has 0 radical (unpaired) electrons. The van der Waals surface area contributed by atoms with Gasteiger partial charge in [0, 0.05) is 13.1 Å². The molecule has 130 valence electrons. The molecule has 0 aliphatic carbocycles. The number of hydrogen-bond acceptors (Lipinski definition) is 4. The molecule has 0 aliphatic heterocycles. The summed E-state index contributed by atoms with van der Waals surface area (Å²) in [5.41, 5.74) is 3.12. The Morgan fingerprint density at radius 3 is 2.52 bits per heavy atom. The van der Waals surface area contributed by atoms with Crippen molar-refractivity contribution in [2.45, 2.75) is 19.5 Å². The van der Waals surface area contributed by atoms with Crippen molar-refractivity contribution < 1.29 is 9.53 Å². The van der Waals surface area contributed by atoms with Gasteiger partial charge in [0.15, 0.2) is 0 Å². The van der Waals surface area contributed by atoms with Crippen molar-refractivity contribution in [3.05, 3.63) is 66.0 Å². The zero-order chi connectivity index (χ0) is 17.8. The van der Waals surface area contributed by atoms with E-state index in [-0.39, 0.29) is 17.9 Å². The van der Waals surface area contributed by atoms with Gasteiger partial charge in [-0.05, 0) is 17.7 Å². The molecule has 0 unspecified atom stereocenters. The van der Waals surface area contributed by atoms with E-state index in [0.717, 1.165) is 22.4 Å². The maximum Gasteiger partial charge on any atom is 0.310 e. The predicted octanol–water partition coefficient (Wildman–Crippen LogP) is 3.21. The van der Waals surface area contributed by atoms with Crippen molar-refractivity contribution in [1.29, 1.82) is 0 Å². The molecule has 0 amide bonds. The van der Waals surface area contributed by atoms with E-state index < -0.39 is 0 Å². The van der Waals surface area contributed by atoms with Crippen molar-refractivity contribution in [2.75, 3.05) is 7.11 Å². The zero-order valence-electron chi connectivity index (χ0n) is 14.8. The van der Waals surface area contributed by atoms with Crippen LogP contribution in [0.1, 0.15) is 24.4 Å². The molecule has 1 aromatic heterocycles. The number of carbonyl (C=O) groups excluding carboxylic acids is 1. The molecular formula is C20H23N3O2. The Hall–Kier alpha value is -2.66. The molecule has 2 atom stereocenters. The molecular weight excluding hydrogens is 314 g/mol. The standard InChI is InChI=1S/C20H23N3O2/c1-14(20(24)25-3)19(15-9-5-4-6-10-15)21-13-18-22-16-11-7-8-12-17(16)23(18)2/h4-12,14,19,21H,13H2,1-3H3/t14-,19-/m1/s1. The van der Waals surface area contributed by atoms with Crippen LogP contribution >= 0.6 is 0 Å². The lowest BCUT2D eigenvalue weighted by Gasteiger charge is -2.24. The van der Waals surface area contributed by atoms with Crippen LogP contribution in [0.5, 0.6) is 0 Å². The molecule has 0 bridgehead atoms. The van der Waals surface area contributed by atoms with Crippen molar-refractivity contribution in [2.24, 2.45) is 13.0 Å². The number of aromatic nitrogens is 2. The molecule has 2 aromatic carbocycles. The number of ether oxygens (including phenoxy) is 1. The zero-order valence-corrected chi connectivity index (χ0v) is 14.8. The van der Waals surface area contributed by atoms with Crippen molar-refractivity contribution in [3.63, 3.8) is 0 Å². The van der Waals surface area contributed by atoms with Crippen LogP contribution in [0.2, 0.25) is 0 Å². The second-order valence-electron chi connectivity index (χ2n) is 6.16. The quantitative estimate of drug-likeness (QED) is 0.702. The monoisotopic (exact) mass is 337 g/mol. The van der Waals surface area contributed by atoms with Crippen LogP contribution in [0.15, 0.2) is 54.6 Å². The summed E-state index contributed by atoms with van der Waals surface area (Å²) in [5, 5.41) is 3.48. The number of methoxy groups -OCH3 is 1. The number of benzene rings is 2. The van der Waals surface area contributed by atoms with Crippen LogP contribution in [0.4, 0.5) is 0 Å². The lowest BCUT2D eigenvalue weighted by molar-refractivity contribution is -0.146. The first-order chi connectivity index (χ1) is 12.1. The third kappa shape index (κ3) is 3.56. The Labute approximate surface area is 147 Å². The maximum absolute atomic E-state index is 12.1. The van der Waals surface area contributed by atoms with E-state index in [0.29, 0.717) is 6.54 Å². The fourth-order valence-corrected chi connectivity index (χ4v) is 3.12. The van der Waals surface area contributed by atoms with Gasteiger partial charge in [-0.15, -0.1) is 0 Å². The van der Waals surface area contributed by atoms with Crippen LogP contribution in [-0.2, 0) is 23.1 Å². The molecule has 0 aliphatic rings. The second-order valence-corrected chi connectivity index (χ2v) is 6.16. The number of fused-ring (bicyclic) bond motifs is 1. The number of carbonyl (C=O) groups is 1. The average molecular weight is 337 g/mol. The molecule has 0 spiro atoms. The highest BCUT2D eigenvalue weighted by atomic mass is 16.5. The molecule has 1 N–H and O–H groups in total. The largest absolute Gasteiger partial charge is 0.469 e. The Kier molecular flexibility index (Phi) is 5.14. The lowest BCUT2D eigenvalue weighted by atomic mass is 9.94. The van der Waals surface area contributed by atoms with E-state index in [2.05, 4.69) is 20.9 Å². The summed E-state index contributed by atoms with van der Waals surface area (Å²) in [6.45, 7) is 2.44. The van der Waals surface area contributed by atoms with Crippen molar-refractivity contribution in [3.8, 4) is 0 Å². The van der Waals surface area contributed by atoms with E-state index in [1.54, 1.807) is 0 Å². The minimum absolute atomic E-state index is 0.145. The van der Waals surface area contributed by atoms with E-state index >= 15 is 0 Å². The fourth-order valence-electron chi connectivity index (χ4n) is 3.12. The summed E-state index contributed by atoms with van der Waals surface area (Å²) < 4.78 is 7.02. The van der Waals surface area contributed by atoms with Gasteiger partial charge in [0.1, 0.15) is 5.82 Å². The first-order valence-corrected chi connectivity index (χ1v) is 8.38. The van der Waals surface area contributed by atoms with Gasteiger partial charge >= 0.3 is 5.97 Å². The number of rotatable bonds is 6. The maximum atomic E-state index is 12.1. The van der Waals surface area contributed by atoms with E-state index in [1.165, 1.54) is 7.11 Å². The van der Waals surface area contributed by atoms with Gasteiger partial charge in [0.05, 0.1) is 30.6 Å². The molecule has 0 saturated heterocycles. The van der Waals surface area contributed by atoms with Crippen LogP contribution in [0.25, 0.3) is 11.0 Å². The molecule has 25 heavy (non-hydrogen) atoms.